The SMILES string of the molecule is CCc1csc(NC(=O)N2CCCC2C)n1. The molecule has 5 heteroatoms. The standard InChI is InChI=1S/C11H17N3OS/c1-3-9-7-16-10(12-9)13-11(15)14-6-4-5-8(14)2/h7-8H,3-6H2,1-2H3,(H,12,13,15). The fourth-order valence-electron chi connectivity index (χ4n) is 1.93. The van der Waals surface area contributed by atoms with Crippen LogP contribution >= 0.6 is 11.3 Å². The van der Waals surface area contributed by atoms with E-state index in [1.807, 2.05) is 10.3 Å². The lowest BCUT2D eigenvalue weighted by Crippen LogP contribution is -2.37. The van der Waals surface area contributed by atoms with E-state index < -0.39 is 0 Å². The van der Waals surface area contributed by atoms with Gasteiger partial charge < -0.3 is 4.90 Å². The Kier molecular flexibility index (Phi) is 3.43. The second-order valence-electron chi connectivity index (χ2n) is 4.11. The smallest absolute Gasteiger partial charge is 0.322 e. The molecule has 1 fully saturated rings. The number of aryl methyl sites for hydroxylation is 1. The maximum absolute atomic E-state index is 11.9. The number of carbonyl (C=O) groups excluding carboxylic acids is 1. The van der Waals surface area contributed by atoms with E-state index in [0.717, 1.165) is 31.5 Å². The summed E-state index contributed by atoms with van der Waals surface area (Å²) in [6.45, 7) is 5.01. The van der Waals surface area contributed by atoms with Crippen LogP contribution in [-0.4, -0.2) is 28.5 Å². The molecule has 16 heavy (non-hydrogen) atoms. The Morgan fingerprint density at radius 2 is 2.56 bits per heavy atom. The van der Waals surface area contributed by atoms with Crippen LogP contribution in [-0.2, 0) is 6.42 Å². The molecular formula is C11H17N3OS. The highest BCUT2D eigenvalue weighted by Gasteiger charge is 2.25. The zero-order valence-corrected chi connectivity index (χ0v) is 10.5. The lowest BCUT2D eigenvalue weighted by Gasteiger charge is -2.20. The molecule has 1 aromatic heterocycles. The highest BCUT2D eigenvalue weighted by molar-refractivity contribution is 7.13. The molecule has 1 aromatic rings. The van der Waals surface area contributed by atoms with E-state index >= 15 is 0 Å². The first kappa shape index (κ1) is 11.4. The molecular weight excluding hydrogens is 222 g/mol. The van der Waals surface area contributed by atoms with Gasteiger partial charge in [0.25, 0.3) is 0 Å². The Bertz CT molecular complexity index is 377. The van der Waals surface area contributed by atoms with Crippen LogP contribution in [0, 0.1) is 0 Å². The van der Waals surface area contributed by atoms with E-state index in [1.165, 1.54) is 11.3 Å². The normalized spacial score (nSPS) is 20.1. The van der Waals surface area contributed by atoms with Crippen LogP contribution in [0.15, 0.2) is 5.38 Å². The van der Waals surface area contributed by atoms with Crippen molar-refractivity contribution >= 4 is 22.5 Å². The number of hydrogen-bond acceptors (Lipinski definition) is 3. The van der Waals surface area contributed by atoms with Crippen molar-refractivity contribution in [2.24, 2.45) is 0 Å². The summed E-state index contributed by atoms with van der Waals surface area (Å²) < 4.78 is 0. The maximum atomic E-state index is 11.9. The van der Waals surface area contributed by atoms with Gasteiger partial charge in [-0.3, -0.25) is 5.32 Å². The zero-order chi connectivity index (χ0) is 11.5. The molecule has 1 atom stereocenters. The Balaban J connectivity index is 1.96. The summed E-state index contributed by atoms with van der Waals surface area (Å²) in [4.78, 5) is 18.1. The van der Waals surface area contributed by atoms with E-state index in [2.05, 4.69) is 24.1 Å². The summed E-state index contributed by atoms with van der Waals surface area (Å²) in [6.07, 6.45) is 3.12. The molecule has 88 valence electrons. The Labute approximate surface area is 99.7 Å². The fourth-order valence-corrected chi connectivity index (χ4v) is 2.71. The second kappa shape index (κ2) is 4.82. The van der Waals surface area contributed by atoms with Crippen LogP contribution in [0.4, 0.5) is 9.93 Å². The number of thiazole rings is 1. The van der Waals surface area contributed by atoms with E-state index in [0.29, 0.717) is 11.2 Å². The van der Waals surface area contributed by atoms with Crippen molar-refractivity contribution in [2.45, 2.75) is 39.2 Å². The number of amides is 2. The van der Waals surface area contributed by atoms with Crippen molar-refractivity contribution in [3.05, 3.63) is 11.1 Å². The first-order valence-corrected chi connectivity index (χ1v) is 6.60. The first-order chi connectivity index (χ1) is 7.70. The van der Waals surface area contributed by atoms with Crippen LogP contribution in [0.5, 0.6) is 0 Å². The first-order valence-electron chi connectivity index (χ1n) is 5.72. The van der Waals surface area contributed by atoms with Gasteiger partial charge in [-0.1, -0.05) is 6.92 Å². The predicted octanol–water partition coefficient (Wildman–Crippen LogP) is 2.72. The molecule has 1 N–H and O–H groups in total. The quantitative estimate of drug-likeness (QED) is 0.862. The van der Waals surface area contributed by atoms with Gasteiger partial charge in [0.05, 0.1) is 5.69 Å². The fraction of sp³-hybridized carbons (Fsp3) is 0.636. The molecule has 0 aliphatic carbocycles. The van der Waals surface area contributed by atoms with Crippen molar-refractivity contribution in [2.75, 3.05) is 11.9 Å². The van der Waals surface area contributed by atoms with Gasteiger partial charge >= 0.3 is 6.03 Å². The predicted molar refractivity (Wildman–Crippen MR) is 65.9 cm³/mol. The summed E-state index contributed by atoms with van der Waals surface area (Å²) in [5, 5.41) is 5.56. The molecule has 0 aromatic carbocycles. The minimum absolute atomic E-state index is 0.0120. The van der Waals surface area contributed by atoms with Gasteiger partial charge in [0.15, 0.2) is 5.13 Å². The maximum Gasteiger partial charge on any atom is 0.323 e. The third-order valence-electron chi connectivity index (χ3n) is 2.94. The number of likely N-dealkylation sites (tertiary alicyclic amines) is 1. The molecule has 2 heterocycles. The molecule has 1 saturated heterocycles. The topological polar surface area (TPSA) is 45.2 Å². The highest BCUT2D eigenvalue weighted by atomic mass is 32.1. The summed E-state index contributed by atoms with van der Waals surface area (Å²) in [5.74, 6) is 0. The van der Waals surface area contributed by atoms with Gasteiger partial charge in [-0.25, -0.2) is 9.78 Å². The molecule has 2 amide bonds. The Morgan fingerprint density at radius 3 is 3.12 bits per heavy atom. The van der Waals surface area contributed by atoms with E-state index in [1.54, 1.807) is 0 Å². The van der Waals surface area contributed by atoms with Gasteiger partial charge in [-0.15, -0.1) is 11.3 Å². The molecule has 0 spiro atoms. The zero-order valence-electron chi connectivity index (χ0n) is 9.69. The average molecular weight is 239 g/mol. The van der Waals surface area contributed by atoms with Crippen molar-refractivity contribution in [3.63, 3.8) is 0 Å². The average Bonchev–Trinajstić information content (AvgIpc) is 2.86. The number of nitrogens with one attached hydrogen (secondary N) is 1. The van der Waals surface area contributed by atoms with Crippen LogP contribution in [0.1, 0.15) is 32.4 Å². The Hall–Kier alpha value is -1.10. The lowest BCUT2D eigenvalue weighted by molar-refractivity contribution is 0.210. The second-order valence-corrected chi connectivity index (χ2v) is 4.97. The molecule has 1 aliphatic heterocycles. The number of urea groups is 1. The van der Waals surface area contributed by atoms with Crippen LogP contribution in [0.2, 0.25) is 0 Å². The van der Waals surface area contributed by atoms with Gasteiger partial charge in [-0.2, -0.15) is 0 Å². The molecule has 0 radical (unpaired) electrons. The molecule has 1 unspecified atom stereocenters. The van der Waals surface area contributed by atoms with Gasteiger partial charge in [0, 0.05) is 18.0 Å². The third-order valence-corrected chi connectivity index (χ3v) is 3.75. The van der Waals surface area contributed by atoms with Crippen molar-refractivity contribution in [3.8, 4) is 0 Å². The van der Waals surface area contributed by atoms with Crippen molar-refractivity contribution < 1.29 is 4.79 Å². The molecule has 1 aliphatic rings. The molecule has 0 bridgehead atoms. The number of rotatable bonds is 2. The molecule has 2 rings (SSSR count). The monoisotopic (exact) mass is 239 g/mol. The third kappa shape index (κ3) is 2.35. The Morgan fingerprint density at radius 1 is 1.75 bits per heavy atom. The summed E-state index contributed by atoms with van der Waals surface area (Å²) in [7, 11) is 0. The number of aromatic nitrogens is 1. The number of carbonyl (C=O) groups is 1. The van der Waals surface area contributed by atoms with E-state index in [-0.39, 0.29) is 6.03 Å². The summed E-state index contributed by atoms with van der Waals surface area (Å²) >= 11 is 1.49. The van der Waals surface area contributed by atoms with Crippen LogP contribution in [0.25, 0.3) is 0 Å². The van der Waals surface area contributed by atoms with Crippen LogP contribution in [0.3, 0.4) is 0 Å². The van der Waals surface area contributed by atoms with Gasteiger partial charge in [0.1, 0.15) is 0 Å². The van der Waals surface area contributed by atoms with E-state index in [9.17, 15) is 4.79 Å². The summed E-state index contributed by atoms with van der Waals surface area (Å²) in [6, 6.07) is 0.340. The number of anilines is 1. The molecule has 0 saturated carbocycles. The van der Waals surface area contributed by atoms with Crippen LogP contribution < -0.4 is 5.32 Å². The highest BCUT2D eigenvalue weighted by Crippen LogP contribution is 2.20. The minimum Gasteiger partial charge on any atom is -0.322 e. The van der Waals surface area contributed by atoms with Crippen molar-refractivity contribution in [1.82, 2.24) is 9.88 Å². The lowest BCUT2D eigenvalue weighted by atomic mass is 10.2. The largest absolute Gasteiger partial charge is 0.323 e. The van der Waals surface area contributed by atoms with Gasteiger partial charge in [-0.05, 0) is 26.2 Å². The molecule has 4 nitrogen and oxygen atoms in total. The van der Waals surface area contributed by atoms with Crippen molar-refractivity contribution in [1.29, 1.82) is 0 Å². The number of nitrogens with zero attached hydrogens (tertiary/aromatic N) is 2. The number of hydrogen-bond donors (Lipinski definition) is 1. The summed E-state index contributed by atoms with van der Waals surface area (Å²) in [5.41, 5.74) is 1.04. The minimum atomic E-state index is -0.0120. The van der Waals surface area contributed by atoms with Gasteiger partial charge in [0.2, 0.25) is 0 Å². The van der Waals surface area contributed by atoms with E-state index in [4.69, 9.17) is 0 Å².